The Balaban J connectivity index is 2.09. The van der Waals surface area contributed by atoms with Crippen LogP contribution in [0.5, 0.6) is 5.75 Å². The molecule has 4 rings (SSSR count). The molecular weight excluding hydrogens is 444 g/mol. The van der Waals surface area contributed by atoms with Gasteiger partial charge in [-0.05, 0) is 76.4 Å². The topological polar surface area (TPSA) is 106 Å². The summed E-state index contributed by atoms with van der Waals surface area (Å²) in [6.07, 6.45) is 1.04. The van der Waals surface area contributed by atoms with Crippen molar-refractivity contribution in [2.75, 3.05) is 19.0 Å². The van der Waals surface area contributed by atoms with Crippen LogP contribution in [-0.2, 0) is 21.4 Å². The van der Waals surface area contributed by atoms with Crippen molar-refractivity contribution in [3.05, 3.63) is 52.3 Å². The molecule has 0 radical (unpaired) electrons. The van der Waals surface area contributed by atoms with Crippen LogP contribution in [0.25, 0.3) is 11.0 Å². The number of carbonyl (C=O) groups is 2. The van der Waals surface area contributed by atoms with Crippen molar-refractivity contribution in [3.8, 4) is 11.8 Å². The van der Waals surface area contributed by atoms with E-state index in [-0.39, 0.29) is 6.42 Å². The lowest BCUT2D eigenvalue weighted by Gasteiger charge is -2.32. The number of ether oxygens (including phenoxy) is 2. The van der Waals surface area contributed by atoms with Crippen molar-refractivity contribution in [2.45, 2.75) is 58.5 Å². The van der Waals surface area contributed by atoms with Crippen LogP contribution in [0.3, 0.4) is 0 Å². The van der Waals surface area contributed by atoms with Crippen LogP contribution in [0, 0.1) is 18.3 Å². The van der Waals surface area contributed by atoms with Crippen molar-refractivity contribution < 1.29 is 19.1 Å². The third-order valence-electron chi connectivity index (χ3n) is 6.39. The van der Waals surface area contributed by atoms with E-state index in [1.165, 1.54) is 4.57 Å². The summed E-state index contributed by atoms with van der Waals surface area (Å²) >= 11 is 0. The van der Waals surface area contributed by atoms with Crippen molar-refractivity contribution in [2.24, 2.45) is 0 Å². The first kappa shape index (κ1) is 24.3. The van der Waals surface area contributed by atoms with Crippen molar-refractivity contribution in [1.82, 2.24) is 9.55 Å². The van der Waals surface area contributed by atoms with E-state index in [9.17, 15) is 14.9 Å². The number of aryl methyl sites for hydroxylation is 1. The minimum absolute atomic E-state index is 0.0656. The van der Waals surface area contributed by atoms with Gasteiger partial charge >= 0.3 is 6.09 Å². The van der Waals surface area contributed by atoms with E-state index in [1.54, 1.807) is 46.1 Å². The van der Waals surface area contributed by atoms with Crippen LogP contribution in [-0.4, -0.2) is 41.2 Å². The fourth-order valence-electron chi connectivity index (χ4n) is 4.91. The van der Waals surface area contributed by atoms with Gasteiger partial charge in [0.25, 0.3) is 0 Å². The monoisotopic (exact) mass is 474 g/mol. The summed E-state index contributed by atoms with van der Waals surface area (Å²) in [5, 5.41) is 12.9. The fraction of sp³-hybridized carbons (Fsp3) is 0.407. The lowest BCUT2D eigenvalue weighted by Crippen LogP contribution is -2.35. The molecule has 2 heterocycles. The Bertz CT molecular complexity index is 1380. The zero-order valence-electron chi connectivity index (χ0n) is 21.0. The molecule has 2 aromatic carbocycles. The summed E-state index contributed by atoms with van der Waals surface area (Å²) in [6, 6.07) is 9.05. The molecule has 0 saturated heterocycles. The Hall–Kier alpha value is -3.86. The molecule has 0 bridgehead atoms. The third kappa shape index (κ3) is 4.12. The molecule has 35 heavy (non-hydrogen) atoms. The zero-order valence-corrected chi connectivity index (χ0v) is 21.0. The first-order chi connectivity index (χ1) is 16.5. The van der Waals surface area contributed by atoms with Gasteiger partial charge < -0.3 is 19.6 Å². The van der Waals surface area contributed by atoms with E-state index in [2.05, 4.69) is 11.4 Å². The van der Waals surface area contributed by atoms with Gasteiger partial charge in [0.2, 0.25) is 0 Å². The predicted molar refractivity (Wildman–Crippen MR) is 133 cm³/mol. The number of hydrogen-bond donors (Lipinski definition) is 1. The molecule has 3 aromatic rings. The zero-order chi connectivity index (χ0) is 25.5. The summed E-state index contributed by atoms with van der Waals surface area (Å²) in [4.78, 5) is 30.5. The number of carbonyl (C=O) groups excluding carboxylic acids is 2. The van der Waals surface area contributed by atoms with Gasteiger partial charge in [-0.2, -0.15) is 5.26 Å². The highest BCUT2D eigenvalue weighted by Gasteiger charge is 2.42. The van der Waals surface area contributed by atoms with Gasteiger partial charge in [-0.3, -0.25) is 0 Å². The molecule has 1 N–H and O–H groups in total. The normalized spacial score (nSPS) is 14.5. The van der Waals surface area contributed by atoms with Crippen molar-refractivity contribution >= 4 is 29.1 Å². The van der Waals surface area contributed by atoms with Crippen molar-refractivity contribution in [1.29, 1.82) is 5.26 Å². The van der Waals surface area contributed by atoms with E-state index < -0.39 is 17.1 Å². The van der Waals surface area contributed by atoms with Gasteiger partial charge in [-0.25, -0.2) is 14.3 Å². The number of benzene rings is 2. The molecule has 0 saturated carbocycles. The largest absolute Gasteiger partial charge is 0.496 e. The van der Waals surface area contributed by atoms with Gasteiger partial charge in [-0.15, -0.1) is 0 Å². The van der Waals surface area contributed by atoms with Crippen LogP contribution in [0.1, 0.15) is 62.2 Å². The van der Waals surface area contributed by atoms with E-state index in [4.69, 9.17) is 14.5 Å². The molecule has 8 nitrogen and oxygen atoms in total. The fourth-order valence-corrected chi connectivity index (χ4v) is 4.91. The molecule has 1 aromatic heterocycles. The SMILES string of the molecule is COc1cc(C)c2c(c1C(C)(CC=O)c1nc3ccc(C#N)cc3n1C(=O)OC(C)(C)C)CCN2. The average molecular weight is 475 g/mol. The summed E-state index contributed by atoms with van der Waals surface area (Å²) < 4.78 is 13.0. The van der Waals surface area contributed by atoms with E-state index >= 15 is 0 Å². The molecule has 0 spiro atoms. The number of nitrogens with one attached hydrogen (secondary N) is 1. The van der Waals surface area contributed by atoms with E-state index in [0.29, 0.717) is 28.2 Å². The number of aldehydes is 1. The molecule has 1 aliphatic heterocycles. The van der Waals surface area contributed by atoms with E-state index in [0.717, 1.165) is 41.6 Å². The smallest absolute Gasteiger partial charge is 0.420 e. The minimum Gasteiger partial charge on any atom is -0.496 e. The molecule has 1 atom stereocenters. The highest BCUT2D eigenvalue weighted by Crippen LogP contribution is 2.47. The van der Waals surface area contributed by atoms with Crippen LogP contribution in [0.2, 0.25) is 0 Å². The Morgan fingerprint density at radius 3 is 2.66 bits per heavy atom. The number of imidazole rings is 1. The maximum absolute atomic E-state index is 13.6. The summed E-state index contributed by atoms with van der Waals surface area (Å²) in [5.74, 6) is 0.995. The molecule has 1 aliphatic rings. The molecule has 1 unspecified atom stereocenters. The van der Waals surface area contributed by atoms with Gasteiger partial charge in [0.1, 0.15) is 23.5 Å². The predicted octanol–water partition coefficient (Wildman–Crippen LogP) is 4.87. The van der Waals surface area contributed by atoms with Gasteiger partial charge in [0.15, 0.2) is 0 Å². The lowest BCUT2D eigenvalue weighted by atomic mass is 9.75. The van der Waals surface area contributed by atoms with Gasteiger partial charge in [-0.1, -0.05) is 0 Å². The minimum atomic E-state index is -1.01. The Kier molecular flexibility index (Phi) is 6.05. The molecule has 0 amide bonds. The lowest BCUT2D eigenvalue weighted by molar-refractivity contribution is -0.108. The third-order valence-corrected chi connectivity index (χ3v) is 6.39. The van der Waals surface area contributed by atoms with Crippen LogP contribution in [0.4, 0.5) is 10.5 Å². The Morgan fingerprint density at radius 2 is 2.03 bits per heavy atom. The quantitative estimate of drug-likeness (QED) is 0.526. The Labute approximate surface area is 204 Å². The molecule has 0 fully saturated rings. The summed E-state index contributed by atoms with van der Waals surface area (Å²) in [7, 11) is 1.60. The number of nitriles is 1. The van der Waals surface area contributed by atoms with Crippen molar-refractivity contribution in [3.63, 3.8) is 0 Å². The first-order valence-corrected chi connectivity index (χ1v) is 11.6. The highest BCUT2D eigenvalue weighted by molar-refractivity contribution is 5.89. The molecule has 182 valence electrons. The van der Waals surface area contributed by atoms with E-state index in [1.807, 2.05) is 19.9 Å². The second kappa shape index (κ2) is 8.73. The maximum Gasteiger partial charge on any atom is 0.420 e. The molecular formula is C27H30N4O4. The average Bonchev–Trinajstić information content (AvgIpc) is 3.42. The summed E-state index contributed by atoms with van der Waals surface area (Å²) in [5.41, 5.74) is 3.53. The first-order valence-electron chi connectivity index (χ1n) is 11.6. The van der Waals surface area contributed by atoms with Gasteiger partial charge in [0, 0.05) is 24.2 Å². The maximum atomic E-state index is 13.6. The number of rotatable bonds is 5. The Morgan fingerprint density at radius 1 is 1.29 bits per heavy atom. The molecule has 8 heteroatoms. The highest BCUT2D eigenvalue weighted by atomic mass is 16.6. The standard InChI is InChI=1S/C27H30N4O4/c1-16-13-21(34-6)22(18-9-11-29-23(16)18)27(5,10-12-32)24-30-19-8-7-17(15-28)14-20(19)31(24)25(33)35-26(2,3)4/h7-8,12-14,29H,9-11H2,1-6H3. The number of hydrogen-bond acceptors (Lipinski definition) is 7. The van der Waals surface area contributed by atoms with Crippen LogP contribution >= 0.6 is 0 Å². The number of fused-ring (bicyclic) bond motifs is 2. The van der Waals surface area contributed by atoms with Crippen LogP contribution < -0.4 is 10.1 Å². The summed E-state index contributed by atoms with van der Waals surface area (Å²) in [6.45, 7) is 10.0. The van der Waals surface area contributed by atoms with Gasteiger partial charge in [0.05, 0.1) is 35.2 Å². The number of aromatic nitrogens is 2. The molecule has 0 aliphatic carbocycles. The second-order valence-electron chi connectivity index (χ2n) is 10.1. The number of methoxy groups -OCH3 is 1. The second-order valence-corrected chi connectivity index (χ2v) is 10.1. The number of nitrogens with zero attached hydrogens (tertiary/aromatic N) is 3. The van der Waals surface area contributed by atoms with Crippen LogP contribution in [0.15, 0.2) is 24.3 Å². The number of anilines is 1.